The van der Waals surface area contributed by atoms with Crippen LogP contribution in [0.25, 0.3) is 0 Å². The number of nitrogens with one attached hydrogen (secondary N) is 1. The van der Waals surface area contributed by atoms with Crippen molar-refractivity contribution in [2.45, 2.75) is 40.0 Å². The minimum Gasteiger partial charge on any atom is -0.452 e. The van der Waals surface area contributed by atoms with E-state index in [1.54, 1.807) is 13.8 Å². The number of thiophene rings is 1. The maximum Gasteiger partial charge on any atom is 0.344 e. The number of carbonyl (C=O) groups is 3. The zero-order valence-electron chi connectivity index (χ0n) is 15.4. The fourth-order valence-corrected chi connectivity index (χ4v) is 4.67. The summed E-state index contributed by atoms with van der Waals surface area (Å²) < 4.78 is 9.95. The monoisotopic (exact) mass is 391 g/mol. The summed E-state index contributed by atoms with van der Waals surface area (Å²) in [7, 11) is 0. The van der Waals surface area contributed by atoms with Gasteiger partial charge in [-0.25, -0.2) is 4.79 Å². The molecule has 3 rings (SSSR count). The van der Waals surface area contributed by atoms with Crippen molar-refractivity contribution >= 4 is 34.1 Å². The highest BCUT2D eigenvalue weighted by atomic mass is 32.1. The molecular formula is C18H21N3O5S. The van der Waals surface area contributed by atoms with E-state index in [1.807, 2.05) is 0 Å². The van der Waals surface area contributed by atoms with Crippen LogP contribution in [-0.4, -0.2) is 29.5 Å². The predicted molar refractivity (Wildman–Crippen MR) is 98.9 cm³/mol. The van der Waals surface area contributed by atoms with Gasteiger partial charge in [-0.15, -0.1) is 11.3 Å². The quantitative estimate of drug-likeness (QED) is 0.754. The lowest BCUT2D eigenvalue weighted by Crippen LogP contribution is -2.23. The van der Waals surface area contributed by atoms with Crippen molar-refractivity contribution in [1.82, 2.24) is 5.16 Å². The van der Waals surface area contributed by atoms with Gasteiger partial charge in [0, 0.05) is 4.88 Å². The molecule has 3 N–H and O–H groups in total. The Kier molecular flexibility index (Phi) is 5.31. The van der Waals surface area contributed by atoms with Crippen LogP contribution >= 0.6 is 11.3 Å². The van der Waals surface area contributed by atoms with E-state index < -0.39 is 24.4 Å². The number of anilines is 1. The van der Waals surface area contributed by atoms with Crippen LogP contribution in [-0.2, 0) is 22.4 Å². The Morgan fingerprint density at radius 2 is 2.07 bits per heavy atom. The van der Waals surface area contributed by atoms with E-state index in [0.717, 1.165) is 29.7 Å². The second-order valence-corrected chi connectivity index (χ2v) is 7.85. The van der Waals surface area contributed by atoms with Crippen molar-refractivity contribution in [3.05, 3.63) is 33.0 Å². The third kappa shape index (κ3) is 3.87. The zero-order chi connectivity index (χ0) is 19.7. The van der Waals surface area contributed by atoms with Crippen molar-refractivity contribution < 1.29 is 23.6 Å². The lowest BCUT2D eigenvalue weighted by Gasteiger charge is -2.18. The van der Waals surface area contributed by atoms with Gasteiger partial charge < -0.3 is 20.3 Å². The fourth-order valence-electron chi connectivity index (χ4n) is 3.24. The Hall–Kier alpha value is -2.68. The molecule has 0 unspecified atom stereocenters. The maximum atomic E-state index is 12.2. The van der Waals surface area contributed by atoms with Crippen LogP contribution in [0.15, 0.2) is 4.52 Å². The Bertz CT molecular complexity index is 895. The van der Waals surface area contributed by atoms with Crippen molar-refractivity contribution in [2.75, 3.05) is 11.9 Å². The Balaban J connectivity index is 1.69. The van der Waals surface area contributed by atoms with Gasteiger partial charge in [-0.3, -0.25) is 9.59 Å². The molecule has 9 heteroatoms. The first-order valence-electron chi connectivity index (χ1n) is 8.62. The minimum atomic E-state index is -0.684. The van der Waals surface area contributed by atoms with Crippen LogP contribution in [0.2, 0.25) is 0 Å². The first-order valence-corrected chi connectivity index (χ1v) is 9.43. The van der Waals surface area contributed by atoms with Crippen molar-refractivity contribution in [3.63, 3.8) is 0 Å². The van der Waals surface area contributed by atoms with Crippen molar-refractivity contribution in [3.8, 4) is 0 Å². The van der Waals surface area contributed by atoms with Crippen LogP contribution in [0.4, 0.5) is 5.00 Å². The summed E-state index contributed by atoms with van der Waals surface area (Å²) in [5.74, 6) is -0.935. The Morgan fingerprint density at radius 1 is 1.33 bits per heavy atom. The van der Waals surface area contributed by atoms with E-state index in [4.69, 9.17) is 15.0 Å². The van der Waals surface area contributed by atoms with Crippen LogP contribution < -0.4 is 11.1 Å². The number of carbonyl (C=O) groups excluding carboxylic acids is 3. The molecular weight excluding hydrogens is 370 g/mol. The molecule has 2 amide bonds. The average molecular weight is 391 g/mol. The highest BCUT2D eigenvalue weighted by Crippen LogP contribution is 2.39. The molecule has 0 radical (unpaired) electrons. The summed E-state index contributed by atoms with van der Waals surface area (Å²) in [5.41, 5.74) is 7.43. The molecule has 0 saturated heterocycles. The molecule has 0 saturated carbocycles. The highest BCUT2D eigenvalue weighted by molar-refractivity contribution is 7.17. The number of esters is 1. The van der Waals surface area contributed by atoms with Crippen LogP contribution in [0.5, 0.6) is 0 Å². The maximum absolute atomic E-state index is 12.2. The summed E-state index contributed by atoms with van der Waals surface area (Å²) in [6, 6.07) is 0. The molecule has 0 bridgehead atoms. The van der Waals surface area contributed by atoms with Gasteiger partial charge in [0.05, 0.1) is 11.3 Å². The van der Waals surface area contributed by atoms with E-state index in [9.17, 15) is 14.4 Å². The second kappa shape index (κ2) is 7.51. The first-order chi connectivity index (χ1) is 12.8. The van der Waals surface area contributed by atoms with Crippen molar-refractivity contribution in [2.24, 2.45) is 11.7 Å². The van der Waals surface area contributed by atoms with Gasteiger partial charge in [0.25, 0.3) is 11.8 Å². The van der Waals surface area contributed by atoms with Crippen LogP contribution in [0.1, 0.15) is 56.0 Å². The van der Waals surface area contributed by atoms with Crippen LogP contribution in [0.3, 0.4) is 0 Å². The molecule has 2 heterocycles. The molecule has 0 aromatic carbocycles. The molecule has 144 valence electrons. The third-order valence-electron chi connectivity index (χ3n) is 4.58. The van der Waals surface area contributed by atoms with Gasteiger partial charge >= 0.3 is 5.97 Å². The number of hydrogen-bond acceptors (Lipinski definition) is 7. The second-order valence-electron chi connectivity index (χ2n) is 6.74. The van der Waals surface area contributed by atoms with E-state index in [-0.39, 0.29) is 5.56 Å². The number of hydrogen-bond donors (Lipinski definition) is 2. The molecule has 1 aliphatic rings. The molecule has 0 fully saturated rings. The van der Waals surface area contributed by atoms with Gasteiger partial charge in [0.2, 0.25) is 0 Å². The summed E-state index contributed by atoms with van der Waals surface area (Å²) in [5, 5.41) is 6.75. The smallest absolute Gasteiger partial charge is 0.344 e. The average Bonchev–Trinajstić information content (AvgIpc) is 3.11. The summed E-state index contributed by atoms with van der Waals surface area (Å²) in [6.07, 6.45) is 2.60. The van der Waals surface area contributed by atoms with E-state index in [2.05, 4.69) is 17.4 Å². The van der Waals surface area contributed by atoms with Crippen LogP contribution in [0, 0.1) is 19.8 Å². The predicted octanol–water partition coefficient (Wildman–Crippen LogP) is 2.37. The number of primary amides is 1. The molecule has 0 aliphatic heterocycles. The molecule has 2 aromatic rings. The number of nitrogens with two attached hydrogens (primary N) is 1. The van der Waals surface area contributed by atoms with Gasteiger partial charge in [-0.2, -0.15) is 0 Å². The minimum absolute atomic E-state index is 0.209. The topological polar surface area (TPSA) is 125 Å². The molecule has 27 heavy (non-hydrogen) atoms. The normalized spacial score (nSPS) is 15.9. The fraction of sp³-hybridized carbons (Fsp3) is 0.444. The van der Waals surface area contributed by atoms with Gasteiger partial charge in [0.15, 0.2) is 6.61 Å². The zero-order valence-corrected chi connectivity index (χ0v) is 16.2. The summed E-state index contributed by atoms with van der Waals surface area (Å²) >= 11 is 1.36. The Morgan fingerprint density at radius 3 is 2.70 bits per heavy atom. The van der Waals surface area contributed by atoms with E-state index >= 15 is 0 Å². The molecule has 0 spiro atoms. The highest BCUT2D eigenvalue weighted by Gasteiger charge is 2.27. The summed E-state index contributed by atoms with van der Waals surface area (Å²) in [6.45, 7) is 4.87. The lowest BCUT2D eigenvalue weighted by molar-refractivity contribution is -0.119. The number of fused-ring (bicyclic) bond motifs is 1. The van der Waals surface area contributed by atoms with Gasteiger partial charge in [-0.05, 0) is 44.6 Å². The third-order valence-corrected chi connectivity index (χ3v) is 5.75. The standard InChI is InChI=1S/C18H21N3O5S/c1-8-4-5-11-12(6-8)27-17(15(11)16(19)23)20-13(22)7-25-18(24)14-9(2)21-26-10(14)3/h8H,4-7H2,1-3H3,(H2,19,23)(H,20,22)/t8-/m0/s1. The number of amides is 2. The van der Waals surface area contributed by atoms with E-state index in [1.165, 1.54) is 11.3 Å². The number of rotatable bonds is 5. The lowest BCUT2D eigenvalue weighted by atomic mass is 9.88. The molecule has 8 nitrogen and oxygen atoms in total. The SMILES string of the molecule is Cc1noc(C)c1C(=O)OCC(=O)Nc1sc2c(c1C(N)=O)CC[C@H](C)C2. The number of aryl methyl sites for hydroxylation is 2. The largest absolute Gasteiger partial charge is 0.452 e. The first kappa shape index (κ1) is 19.1. The number of nitrogens with zero attached hydrogens (tertiary/aromatic N) is 1. The summed E-state index contributed by atoms with van der Waals surface area (Å²) in [4.78, 5) is 37.3. The molecule has 2 aromatic heterocycles. The van der Waals surface area contributed by atoms with Gasteiger partial charge in [0.1, 0.15) is 16.3 Å². The van der Waals surface area contributed by atoms with Crippen molar-refractivity contribution in [1.29, 1.82) is 0 Å². The Labute approximate surface area is 160 Å². The molecule has 1 atom stereocenters. The number of ether oxygens (including phenoxy) is 1. The number of aromatic nitrogens is 1. The van der Waals surface area contributed by atoms with Gasteiger partial charge in [-0.1, -0.05) is 12.1 Å². The van der Waals surface area contributed by atoms with E-state index in [0.29, 0.717) is 27.9 Å². The molecule has 1 aliphatic carbocycles.